The number of esters is 1. The average Bonchev–Trinajstić information content (AvgIpc) is 3.44. The molecular weight excluding hydrogens is 655 g/mol. The molecule has 4 aromatic rings. The van der Waals surface area contributed by atoms with Gasteiger partial charge in [0.05, 0.1) is 17.9 Å². The summed E-state index contributed by atoms with van der Waals surface area (Å²) in [7, 11) is 1.35. The normalized spacial score (nSPS) is 14.8. The Hall–Kier alpha value is -4.67. The summed E-state index contributed by atoms with van der Waals surface area (Å²) >= 11 is 2.78. The first-order valence-corrected chi connectivity index (χ1v) is 18.0. The minimum absolute atomic E-state index is 0.0893. The number of anilines is 2. The average molecular weight is 696 g/mol. The highest BCUT2D eigenvalue weighted by atomic mass is 32.2. The Morgan fingerprint density at radius 1 is 0.939 bits per heavy atom. The summed E-state index contributed by atoms with van der Waals surface area (Å²) in [4.78, 5) is 54.6. The number of hydrogen-bond donors (Lipinski definition) is 3. The molecular formula is C39H41N3O5S2. The zero-order chi connectivity index (χ0) is 35.1. The lowest BCUT2D eigenvalue weighted by Gasteiger charge is -2.18. The summed E-state index contributed by atoms with van der Waals surface area (Å²) in [5.74, 6) is -0.691. The quantitative estimate of drug-likeness (QED) is 0.0827. The molecule has 0 fully saturated rings. The number of hydrogen-bond acceptors (Lipinski definition) is 7. The molecule has 0 aliphatic heterocycles. The van der Waals surface area contributed by atoms with E-state index in [1.54, 1.807) is 55.5 Å². The number of thiophene rings is 1. The molecule has 0 radical (unpaired) electrons. The molecule has 2 unspecified atom stereocenters. The fourth-order valence-electron chi connectivity index (χ4n) is 5.56. The smallest absolute Gasteiger partial charge is 0.341 e. The fraction of sp³-hybridized carbons (Fsp3) is 0.282. The molecule has 10 heteroatoms. The van der Waals surface area contributed by atoms with Crippen LogP contribution in [0.3, 0.4) is 0 Å². The van der Waals surface area contributed by atoms with Crippen LogP contribution in [0.4, 0.5) is 10.7 Å². The Morgan fingerprint density at radius 2 is 1.67 bits per heavy atom. The predicted molar refractivity (Wildman–Crippen MR) is 198 cm³/mol. The molecule has 3 N–H and O–H groups in total. The molecule has 5 rings (SSSR count). The van der Waals surface area contributed by atoms with E-state index >= 15 is 0 Å². The first-order valence-electron chi connectivity index (χ1n) is 16.3. The molecule has 1 aliphatic rings. The zero-order valence-electron chi connectivity index (χ0n) is 28.3. The molecule has 0 saturated carbocycles. The molecule has 1 aromatic heterocycles. The van der Waals surface area contributed by atoms with Crippen LogP contribution in [0.25, 0.3) is 6.08 Å². The van der Waals surface area contributed by atoms with Gasteiger partial charge in [-0.25, -0.2) is 4.79 Å². The first-order chi connectivity index (χ1) is 23.5. The maximum Gasteiger partial charge on any atom is 0.341 e. The van der Waals surface area contributed by atoms with Gasteiger partial charge >= 0.3 is 5.97 Å². The van der Waals surface area contributed by atoms with Gasteiger partial charge in [-0.15, -0.1) is 23.1 Å². The largest absolute Gasteiger partial charge is 0.465 e. The van der Waals surface area contributed by atoms with Crippen molar-refractivity contribution in [2.75, 3.05) is 17.7 Å². The number of fused-ring (bicyclic) bond motifs is 1. The van der Waals surface area contributed by atoms with E-state index < -0.39 is 23.0 Å². The van der Waals surface area contributed by atoms with E-state index in [1.807, 2.05) is 36.4 Å². The maximum atomic E-state index is 13.6. The summed E-state index contributed by atoms with van der Waals surface area (Å²) in [5.41, 5.74) is 4.40. The summed E-state index contributed by atoms with van der Waals surface area (Å²) in [6.07, 6.45) is 4.30. The number of thioether (sulfide) groups is 1. The van der Waals surface area contributed by atoms with E-state index in [9.17, 15) is 19.2 Å². The highest BCUT2D eigenvalue weighted by Gasteiger charge is 2.30. The van der Waals surface area contributed by atoms with Crippen LogP contribution in [0.2, 0.25) is 0 Å². The van der Waals surface area contributed by atoms with Crippen LogP contribution in [0.15, 0.2) is 89.5 Å². The van der Waals surface area contributed by atoms with Crippen molar-refractivity contribution in [1.82, 2.24) is 5.32 Å². The third-order valence-corrected chi connectivity index (χ3v) is 10.6. The minimum atomic E-state index is -0.510. The van der Waals surface area contributed by atoms with E-state index in [2.05, 4.69) is 36.7 Å². The van der Waals surface area contributed by atoms with Crippen molar-refractivity contribution in [3.8, 4) is 0 Å². The van der Waals surface area contributed by atoms with Crippen molar-refractivity contribution < 1.29 is 23.9 Å². The second-order valence-corrected chi connectivity index (χ2v) is 15.0. The van der Waals surface area contributed by atoms with E-state index in [1.165, 1.54) is 35.8 Å². The van der Waals surface area contributed by atoms with Crippen molar-refractivity contribution in [3.63, 3.8) is 0 Å². The standard InChI is InChI=1S/C39H41N3O5S2/c1-23(2)27-17-15-26(16-18-27)21-32(41-36(44)28-10-7-6-8-11-28)37(45)40-29-12-9-13-30(22-29)48-25(4)35(43)42-38-34(39(46)47-5)31-19-14-24(3)20-33(31)49-38/h6-13,15-18,21-25H,14,19-20H2,1-5H3,(H,40,45)(H,41,44)(H,42,43)/b32-21+. The van der Waals surface area contributed by atoms with Crippen molar-refractivity contribution in [2.45, 2.75) is 63.0 Å². The lowest BCUT2D eigenvalue weighted by atomic mass is 9.88. The van der Waals surface area contributed by atoms with Gasteiger partial charge in [0.15, 0.2) is 0 Å². The van der Waals surface area contributed by atoms with Gasteiger partial charge in [-0.1, -0.05) is 69.3 Å². The summed E-state index contributed by atoms with van der Waals surface area (Å²) in [6, 6.07) is 23.8. The number of carbonyl (C=O) groups excluding carboxylic acids is 4. The van der Waals surface area contributed by atoms with Gasteiger partial charge in [-0.05, 0) is 91.1 Å². The number of carbonyl (C=O) groups is 4. The summed E-state index contributed by atoms with van der Waals surface area (Å²) in [6.45, 7) is 8.21. The molecule has 1 heterocycles. The lowest BCUT2D eigenvalue weighted by molar-refractivity contribution is -0.115. The molecule has 0 bridgehead atoms. The number of ether oxygens (including phenoxy) is 1. The van der Waals surface area contributed by atoms with Gasteiger partial charge in [0.1, 0.15) is 10.7 Å². The molecule has 0 spiro atoms. The van der Waals surface area contributed by atoms with Gasteiger partial charge in [0.25, 0.3) is 11.8 Å². The molecule has 3 aromatic carbocycles. The van der Waals surface area contributed by atoms with Gasteiger partial charge in [0.2, 0.25) is 5.91 Å². The van der Waals surface area contributed by atoms with Crippen LogP contribution >= 0.6 is 23.1 Å². The highest BCUT2D eigenvalue weighted by Crippen LogP contribution is 2.40. The molecule has 49 heavy (non-hydrogen) atoms. The minimum Gasteiger partial charge on any atom is -0.465 e. The topological polar surface area (TPSA) is 114 Å². The van der Waals surface area contributed by atoms with Crippen molar-refractivity contribution in [3.05, 3.63) is 117 Å². The number of rotatable bonds is 11. The third-order valence-electron chi connectivity index (χ3n) is 8.35. The molecule has 0 saturated heterocycles. The van der Waals surface area contributed by atoms with E-state index in [0.29, 0.717) is 33.7 Å². The molecule has 254 valence electrons. The van der Waals surface area contributed by atoms with Crippen molar-refractivity contribution in [1.29, 1.82) is 0 Å². The third kappa shape index (κ3) is 9.07. The Kier molecular flexibility index (Phi) is 11.7. The van der Waals surface area contributed by atoms with Crippen LogP contribution < -0.4 is 16.0 Å². The van der Waals surface area contributed by atoms with E-state index in [0.717, 1.165) is 40.2 Å². The van der Waals surface area contributed by atoms with Crippen molar-refractivity contribution in [2.24, 2.45) is 5.92 Å². The number of benzene rings is 3. The predicted octanol–water partition coefficient (Wildman–Crippen LogP) is 8.31. The SMILES string of the molecule is COC(=O)c1c(NC(=O)C(C)Sc2cccc(NC(=O)/C(=C\c3ccc(C(C)C)cc3)NC(=O)c3ccccc3)c2)sc2c1CCC(C)C2. The van der Waals surface area contributed by atoms with Crippen LogP contribution in [0.5, 0.6) is 0 Å². The number of amides is 3. The van der Waals surface area contributed by atoms with Crippen LogP contribution in [-0.4, -0.2) is 36.1 Å². The van der Waals surface area contributed by atoms with Gasteiger partial charge in [0, 0.05) is 21.0 Å². The number of nitrogens with one attached hydrogen (secondary N) is 3. The fourth-order valence-corrected chi connectivity index (χ4v) is 7.89. The van der Waals surface area contributed by atoms with Gasteiger partial charge < -0.3 is 20.7 Å². The molecule has 8 nitrogen and oxygen atoms in total. The van der Waals surface area contributed by atoms with Gasteiger partial charge in [-0.2, -0.15) is 0 Å². The summed E-state index contributed by atoms with van der Waals surface area (Å²) in [5, 5.41) is 8.69. The monoisotopic (exact) mass is 695 g/mol. The Bertz CT molecular complexity index is 1870. The Labute approximate surface area is 295 Å². The highest BCUT2D eigenvalue weighted by molar-refractivity contribution is 8.00. The zero-order valence-corrected chi connectivity index (χ0v) is 29.9. The number of methoxy groups -OCH3 is 1. The van der Waals surface area contributed by atoms with E-state index in [4.69, 9.17) is 4.74 Å². The lowest BCUT2D eigenvalue weighted by Crippen LogP contribution is -2.30. The van der Waals surface area contributed by atoms with Crippen LogP contribution in [-0.2, 0) is 27.2 Å². The Morgan fingerprint density at radius 3 is 2.37 bits per heavy atom. The maximum absolute atomic E-state index is 13.6. The molecule has 1 aliphatic carbocycles. The Balaban J connectivity index is 1.30. The van der Waals surface area contributed by atoms with E-state index in [-0.39, 0.29) is 11.6 Å². The first kappa shape index (κ1) is 35.6. The van der Waals surface area contributed by atoms with Gasteiger partial charge in [-0.3, -0.25) is 14.4 Å². The molecule has 2 atom stereocenters. The molecule has 3 amide bonds. The summed E-state index contributed by atoms with van der Waals surface area (Å²) < 4.78 is 5.07. The second-order valence-electron chi connectivity index (χ2n) is 12.5. The van der Waals surface area contributed by atoms with Crippen LogP contribution in [0, 0.1) is 5.92 Å². The second kappa shape index (κ2) is 16.2. The van der Waals surface area contributed by atoms with Crippen molar-refractivity contribution >= 4 is 63.6 Å². The van der Waals surface area contributed by atoms with Crippen LogP contribution in [0.1, 0.15) is 82.3 Å².